The molecule has 0 radical (unpaired) electrons. The van der Waals surface area contributed by atoms with Crippen molar-refractivity contribution in [2.75, 3.05) is 19.6 Å². The molecule has 20 rings (SSSR count). The largest absolute Gasteiger partial charge is 0.307 e. The van der Waals surface area contributed by atoms with Crippen molar-refractivity contribution >= 4 is 133 Å². The first-order valence-corrected chi connectivity index (χ1v) is 41.2. The van der Waals surface area contributed by atoms with E-state index in [9.17, 15) is 0 Å². The number of para-hydroxylation sites is 4. The van der Waals surface area contributed by atoms with Crippen molar-refractivity contribution in [1.82, 2.24) is 0 Å². The molecular weight excluding hydrogens is 1550 g/mol. The second kappa shape index (κ2) is 31.9. The molecule has 0 atom stereocenters. The van der Waals surface area contributed by atoms with Crippen LogP contribution in [0.5, 0.6) is 0 Å². The van der Waals surface area contributed by atoms with Crippen LogP contribution in [0.25, 0.3) is 109 Å². The zero-order chi connectivity index (χ0) is 85.6. The van der Waals surface area contributed by atoms with Crippen LogP contribution >= 0.6 is 0 Å². The molecule has 20 aromatic rings. The zero-order valence-electron chi connectivity index (χ0n) is 69.1. The molecular formula is C112H80F8N4. The van der Waals surface area contributed by atoms with E-state index in [4.69, 9.17) is 0 Å². The molecule has 0 aliphatic carbocycles. The third kappa shape index (κ3) is 13.9. The average Bonchev–Trinajstić information content (AvgIpc) is 0.720. The van der Waals surface area contributed by atoms with Gasteiger partial charge in [-0.1, -0.05) is 230 Å². The Labute approximate surface area is 714 Å². The molecule has 0 saturated heterocycles. The highest BCUT2D eigenvalue weighted by Gasteiger charge is 2.31. The van der Waals surface area contributed by atoms with Crippen LogP contribution in [-0.4, -0.2) is 0 Å². The number of aryl methyl sites for hydroxylation is 6. The van der Waals surface area contributed by atoms with Gasteiger partial charge in [-0.05, 0) is 251 Å². The maximum atomic E-state index is 16.8. The Morgan fingerprint density at radius 3 is 0.661 bits per heavy atom. The zero-order valence-corrected chi connectivity index (χ0v) is 69.1. The van der Waals surface area contributed by atoms with Gasteiger partial charge in [0.25, 0.3) is 0 Å². The summed E-state index contributed by atoms with van der Waals surface area (Å²) in [5, 5.41) is 10.6. The standard InChI is InChI=1S/2C56H40F4N2/c1-33-13-11-19-41(35(33)3)45-29-49(59)53(31-47(45)57)61(39-15-7-5-8-16-39)51-27-23-37-22-26-44-52(28-24-38-21-25-43(51)55(37)56(38)44)62(40-17-9-6-10-18-40)54-32-48(58)46(30-50(54)60)42-20-12-14-34(2)36(42)4;1-33-15-21-41(35(3)27-33)45-29-49(59)53(31-47(45)57)61(39-11-7-5-8-12-39)51-25-19-37-18-24-44-52(26-20-38-17-23-43(51)55(37)56(38)44)62(40-13-9-6-10-14-40)54-32-48(58)46(30-50(54)60)42-22-16-34(2)28-36(42)4/h2*5-32H,1-4H3. The minimum Gasteiger partial charge on any atom is -0.307 e. The van der Waals surface area contributed by atoms with Crippen LogP contribution in [0.1, 0.15) is 44.5 Å². The fourth-order valence-corrected chi connectivity index (χ4v) is 18.2. The van der Waals surface area contributed by atoms with Crippen molar-refractivity contribution in [3.63, 3.8) is 0 Å². The van der Waals surface area contributed by atoms with Gasteiger partial charge in [0.2, 0.25) is 0 Å². The van der Waals surface area contributed by atoms with E-state index in [1.54, 1.807) is 19.6 Å². The maximum absolute atomic E-state index is 16.8. The van der Waals surface area contributed by atoms with E-state index in [0.29, 0.717) is 67.8 Å². The van der Waals surface area contributed by atoms with E-state index >= 15 is 35.1 Å². The van der Waals surface area contributed by atoms with Gasteiger partial charge < -0.3 is 19.6 Å². The Balaban J connectivity index is 0.000000163. The van der Waals surface area contributed by atoms with Crippen LogP contribution in [0.15, 0.2) is 340 Å². The molecule has 0 bridgehead atoms. The number of halogens is 8. The molecule has 0 aliphatic rings. The minimum absolute atomic E-state index is 0.0648. The molecule has 0 aromatic heterocycles. The Kier molecular flexibility index (Phi) is 20.3. The smallest absolute Gasteiger partial charge is 0.148 e. The van der Waals surface area contributed by atoms with Gasteiger partial charge in [-0.2, -0.15) is 0 Å². The molecule has 0 fully saturated rings. The Morgan fingerprint density at radius 1 is 0.169 bits per heavy atom. The molecule has 0 spiro atoms. The summed E-state index contributed by atoms with van der Waals surface area (Å²) in [6, 6.07) is 102. The number of hydrogen-bond acceptors (Lipinski definition) is 4. The predicted octanol–water partition coefficient (Wildman–Crippen LogP) is 33.3. The molecule has 0 amide bonds. The van der Waals surface area contributed by atoms with Crippen LogP contribution in [-0.2, 0) is 0 Å². The first kappa shape index (κ1) is 78.9. The van der Waals surface area contributed by atoms with Crippen molar-refractivity contribution in [3.8, 4) is 44.5 Å². The van der Waals surface area contributed by atoms with Gasteiger partial charge in [-0.3, -0.25) is 0 Å². The fourth-order valence-electron chi connectivity index (χ4n) is 18.2. The third-order valence-electron chi connectivity index (χ3n) is 24.5. The Hall–Kier alpha value is -14.9. The second-order valence-corrected chi connectivity index (χ2v) is 32.1. The Bertz CT molecular complexity index is 7140. The van der Waals surface area contributed by atoms with E-state index < -0.39 is 46.5 Å². The molecule has 0 N–H and O–H groups in total. The predicted molar refractivity (Wildman–Crippen MR) is 498 cm³/mol. The Morgan fingerprint density at radius 2 is 0.411 bits per heavy atom. The van der Waals surface area contributed by atoms with Crippen LogP contribution in [0, 0.1) is 102 Å². The van der Waals surface area contributed by atoms with Gasteiger partial charge in [-0.25, -0.2) is 35.1 Å². The summed E-state index contributed by atoms with van der Waals surface area (Å²) in [5.41, 5.74) is 16.3. The molecule has 124 heavy (non-hydrogen) atoms. The van der Waals surface area contributed by atoms with Gasteiger partial charge in [-0.15, -0.1) is 0 Å². The SMILES string of the molecule is Cc1ccc(-c2cc(F)c(N(c3ccccc3)c3ccc4ccc5c(N(c6ccccc6)c6cc(F)c(-c7ccc(C)cc7C)cc6F)ccc6ccc3c4c65)cc2F)c(C)c1.Cc1cccc(-c2cc(F)c(N(c3ccccc3)c3ccc4ccc5c(N(c6ccccc6)c6cc(F)c(-c7cccc(C)c7C)cc6F)ccc6ccc3c4c65)cc2F)c1C. The first-order chi connectivity index (χ1) is 60.1. The molecule has 20 aromatic carbocycles. The number of nitrogens with zero attached hydrogens (tertiary/aromatic N) is 4. The number of benzene rings is 20. The summed E-state index contributed by atoms with van der Waals surface area (Å²) in [5.74, 6) is -4.45. The van der Waals surface area contributed by atoms with Crippen molar-refractivity contribution in [2.24, 2.45) is 0 Å². The van der Waals surface area contributed by atoms with Gasteiger partial charge in [0.15, 0.2) is 0 Å². The molecule has 12 heteroatoms. The lowest BCUT2D eigenvalue weighted by molar-refractivity contribution is 0.604. The van der Waals surface area contributed by atoms with Crippen LogP contribution in [0.4, 0.5) is 103 Å². The quantitative estimate of drug-likeness (QED) is 0.0706. The molecule has 604 valence electrons. The minimum atomic E-state index is -0.575. The van der Waals surface area contributed by atoms with E-state index in [0.717, 1.165) is 109 Å². The first-order valence-electron chi connectivity index (χ1n) is 41.2. The summed E-state index contributed by atoms with van der Waals surface area (Å²) in [7, 11) is 0. The van der Waals surface area contributed by atoms with Crippen LogP contribution < -0.4 is 19.6 Å². The van der Waals surface area contributed by atoms with Gasteiger partial charge in [0, 0.05) is 90.8 Å². The lowest BCUT2D eigenvalue weighted by Gasteiger charge is -2.30. The van der Waals surface area contributed by atoms with Crippen molar-refractivity contribution in [1.29, 1.82) is 0 Å². The monoisotopic (exact) mass is 1630 g/mol. The summed E-state index contributed by atoms with van der Waals surface area (Å²) < 4.78 is 133. The summed E-state index contributed by atoms with van der Waals surface area (Å²) in [6.45, 7) is 15.5. The highest BCUT2D eigenvalue weighted by Crippen LogP contribution is 2.53. The number of rotatable bonds is 16. The number of hydrogen-bond donors (Lipinski definition) is 0. The normalized spacial score (nSPS) is 11.5. The lowest BCUT2D eigenvalue weighted by Crippen LogP contribution is -2.14. The molecule has 0 unspecified atom stereocenters. The van der Waals surface area contributed by atoms with E-state index in [-0.39, 0.29) is 45.0 Å². The third-order valence-corrected chi connectivity index (χ3v) is 24.5. The highest BCUT2D eigenvalue weighted by molar-refractivity contribution is 6.30. The highest BCUT2D eigenvalue weighted by atomic mass is 19.2. The fraction of sp³-hybridized carbons (Fsp3) is 0.0714. The topological polar surface area (TPSA) is 13.0 Å². The van der Waals surface area contributed by atoms with E-state index in [1.165, 1.54) is 48.5 Å². The summed E-state index contributed by atoms with van der Waals surface area (Å²) in [6.07, 6.45) is 0. The summed E-state index contributed by atoms with van der Waals surface area (Å²) >= 11 is 0. The number of anilines is 12. The van der Waals surface area contributed by atoms with Crippen molar-refractivity contribution < 1.29 is 35.1 Å². The molecule has 0 aliphatic heterocycles. The van der Waals surface area contributed by atoms with Gasteiger partial charge >= 0.3 is 0 Å². The maximum Gasteiger partial charge on any atom is 0.148 e. The molecule has 0 saturated carbocycles. The van der Waals surface area contributed by atoms with E-state index in [1.807, 2.05) is 347 Å². The lowest BCUT2D eigenvalue weighted by atomic mass is 9.91. The van der Waals surface area contributed by atoms with E-state index in [2.05, 4.69) is 0 Å². The van der Waals surface area contributed by atoms with Crippen molar-refractivity contribution in [2.45, 2.75) is 55.4 Å². The average molecular weight is 1630 g/mol. The van der Waals surface area contributed by atoms with Crippen molar-refractivity contribution in [3.05, 3.63) is 431 Å². The molecule has 0 heterocycles. The molecule has 4 nitrogen and oxygen atoms in total. The summed E-state index contributed by atoms with van der Waals surface area (Å²) in [4.78, 5) is 7.07. The van der Waals surface area contributed by atoms with Gasteiger partial charge in [0.1, 0.15) is 46.5 Å². The van der Waals surface area contributed by atoms with Crippen LogP contribution in [0.2, 0.25) is 0 Å². The van der Waals surface area contributed by atoms with Gasteiger partial charge in [0.05, 0.1) is 45.5 Å². The second-order valence-electron chi connectivity index (χ2n) is 32.1. The van der Waals surface area contributed by atoms with Crippen LogP contribution in [0.3, 0.4) is 0 Å².